The summed E-state index contributed by atoms with van der Waals surface area (Å²) in [5, 5.41) is 4.00. The molecule has 67 heavy (non-hydrogen) atoms. The number of nitrogens with zero attached hydrogens (tertiary/aromatic N) is 3. The first kappa shape index (κ1) is 39.0. The second-order valence-electron chi connectivity index (χ2n) is 18.4. The Morgan fingerprint density at radius 3 is 1.76 bits per heavy atom. The molecule has 0 amide bonds. The van der Waals surface area contributed by atoms with E-state index in [9.17, 15) is 0 Å². The molecule has 318 valence electrons. The van der Waals surface area contributed by atoms with Gasteiger partial charge in [0.2, 0.25) is 0 Å². The smallest absolute Gasteiger partial charge is 0.167 e. The molecule has 0 spiro atoms. The topological polar surface area (TPSA) is 65.0 Å². The van der Waals surface area contributed by atoms with Gasteiger partial charge in [0.05, 0.1) is 5.56 Å². The third-order valence-corrected chi connectivity index (χ3v) is 14.1. The first-order valence-electron chi connectivity index (χ1n) is 22.9. The number of aromatic nitrogens is 3. The lowest BCUT2D eigenvalue weighted by Gasteiger charge is -2.22. The number of hydrogen-bond donors (Lipinski definition) is 0. The molecule has 1 aliphatic carbocycles. The van der Waals surface area contributed by atoms with E-state index >= 15 is 0 Å². The summed E-state index contributed by atoms with van der Waals surface area (Å²) in [6.07, 6.45) is 0. The Hall–Kier alpha value is -8.41. The Morgan fingerprint density at radius 2 is 0.910 bits per heavy atom. The van der Waals surface area contributed by atoms with Crippen LogP contribution in [-0.4, -0.2) is 15.0 Å². The fourth-order valence-corrected chi connectivity index (χ4v) is 10.7. The van der Waals surface area contributed by atoms with Crippen molar-refractivity contribution < 1.29 is 8.83 Å². The summed E-state index contributed by atoms with van der Waals surface area (Å²) < 4.78 is 13.2. The van der Waals surface area contributed by atoms with E-state index in [1.165, 1.54) is 38.9 Å². The van der Waals surface area contributed by atoms with Gasteiger partial charge >= 0.3 is 0 Å². The van der Waals surface area contributed by atoms with Crippen molar-refractivity contribution in [3.63, 3.8) is 0 Å². The molecule has 0 unspecified atom stereocenters. The van der Waals surface area contributed by atoms with Crippen molar-refractivity contribution >= 4 is 43.9 Å². The van der Waals surface area contributed by atoms with E-state index in [4.69, 9.17) is 23.8 Å². The average Bonchev–Trinajstić information content (AvgIpc) is 4.01. The summed E-state index contributed by atoms with van der Waals surface area (Å²) in [4.78, 5) is 16.1. The third kappa shape index (κ3) is 6.12. The Bertz CT molecular complexity index is 4000. The van der Waals surface area contributed by atoms with Crippen molar-refractivity contribution in [2.45, 2.75) is 33.1 Å². The molecule has 13 rings (SSSR count). The molecule has 0 fully saturated rings. The van der Waals surface area contributed by atoms with Gasteiger partial charge in [-0.1, -0.05) is 159 Å². The van der Waals surface area contributed by atoms with Crippen LogP contribution in [0.1, 0.15) is 36.1 Å². The second kappa shape index (κ2) is 14.8. The van der Waals surface area contributed by atoms with Gasteiger partial charge in [0.25, 0.3) is 0 Å². The summed E-state index contributed by atoms with van der Waals surface area (Å²) in [5.74, 6) is 1.66. The molecule has 0 N–H and O–H groups in total. The number of aryl methyl sites for hydroxylation is 2. The minimum absolute atomic E-state index is 0.0747. The zero-order chi connectivity index (χ0) is 45.0. The van der Waals surface area contributed by atoms with Gasteiger partial charge in [-0.3, -0.25) is 0 Å². The summed E-state index contributed by atoms with van der Waals surface area (Å²) in [7, 11) is 0. The van der Waals surface area contributed by atoms with E-state index in [2.05, 4.69) is 179 Å². The highest BCUT2D eigenvalue weighted by Gasteiger charge is 2.35. The number of para-hydroxylation sites is 2. The molecule has 3 heterocycles. The zero-order valence-corrected chi connectivity index (χ0v) is 37.6. The van der Waals surface area contributed by atoms with E-state index in [0.29, 0.717) is 17.5 Å². The monoisotopic (exact) mass is 861 g/mol. The van der Waals surface area contributed by atoms with Gasteiger partial charge in [0, 0.05) is 38.1 Å². The maximum Gasteiger partial charge on any atom is 0.167 e. The van der Waals surface area contributed by atoms with Crippen LogP contribution in [0.4, 0.5) is 0 Å². The maximum absolute atomic E-state index is 6.63. The number of fused-ring (bicyclic) bond motifs is 9. The molecule has 5 nitrogen and oxygen atoms in total. The van der Waals surface area contributed by atoms with Crippen LogP contribution in [0.2, 0.25) is 0 Å². The van der Waals surface area contributed by atoms with Crippen LogP contribution in [0.3, 0.4) is 0 Å². The lowest BCUT2D eigenvalue weighted by Crippen LogP contribution is -2.14. The molecule has 0 atom stereocenters. The Morgan fingerprint density at radius 1 is 0.358 bits per heavy atom. The Balaban J connectivity index is 0.985. The summed E-state index contributed by atoms with van der Waals surface area (Å²) in [6.45, 7) is 8.98. The minimum atomic E-state index is -0.0747. The molecule has 0 aliphatic heterocycles. The maximum atomic E-state index is 6.63. The fourth-order valence-electron chi connectivity index (χ4n) is 10.7. The fraction of sp³-hybridized carbons (Fsp3) is 0.0806. The number of hydrogen-bond acceptors (Lipinski definition) is 5. The molecule has 0 radical (unpaired) electrons. The number of furan rings is 2. The molecule has 0 bridgehead atoms. The first-order valence-corrected chi connectivity index (χ1v) is 22.9. The molecular weight excluding hydrogens is 819 g/mol. The van der Waals surface area contributed by atoms with Crippen molar-refractivity contribution in [1.29, 1.82) is 0 Å². The molecule has 0 saturated heterocycles. The minimum Gasteiger partial charge on any atom is -0.456 e. The third-order valence-electron chi connectivity index (χ3n) is 14.1. The van der Waals surface area contributed by atoms with Gasteiger partial charge in [-0.05, 0) is 123 Å². The largest absolute Gasteiger partial charge is 0.456 e. The average molecular weight is 862 g/mol. The van der Waals surface area contributed by atoms with Gasteiger partial charge in [-0.15, -0.1) is 0 Å². The highest BCUT2D eigenvalue weighted by Crippen LogP contribution is 2.50. The molecule has 3 aromatic heterocycles. The molecule has 0 saturated carbocycles. The van der Waals surface area contributed by atoms with Crippen LogP contribution in [0, 0.1) is 13.8 Å². The first-order chi connectivity index (χ1) is 32.8. The van der Waals surface area contributed by atoms with Crippen LogP contribution in [-0.2, 0) is 5.41 Å². The van der Waals surface area contributed by atoms with Crippen LogP contribution < -0.4 is 0 Å². The highest BCUT2D eigenvalue weighted by atomic mass is 16.3. The molecule has 12 aromatic rings. The van der Waals surface area contributed by atoms with Crippen molar-refractivity contribution in [3.8, 4) is 78.7 Å². The highest BCUT2D eigenvalue weighted by molar-refractivity contribution is 6.13. The predicted octanol–water partition coefficient (Wildman–Crippen LogP) is 16.6. The molecule has 9 aromatic carbocycles. The molecular formula is C62H43N3O2. The van der Waals surface area contributed by atoms with Crippen LogP contribution in [0.15, 0.2) is 197 Å². The molecule has 5 heteroatoms. The number of rotatable bonds is 6. The molecule has 1 aliphatic rings. The van der Waals surface area contributed by atoms with Crippen molar-refractivity contribution in [2.75, 3.05) is 0 Å². The normalized spacial score (nSPS) is 12.9. The van der Waals surface area contributed by atoms with Crippen LogP contribution >= 0.6 is 0 Å². The van der Waals surface area contributed by atoms with E-state index < -0.39 is 0 Å². The zero-order valence-electron chi connectivity index (χ0n) is 37.6. The van der Waals surface area contributed by atoms with Crippen molar-refractivity contribution in [2.24, 2.45) is 0 Å². The summed E-state index contributed by atoms with van der Waals surface area (Å²) >= 11 is 0. The quantitative estimate of drug-likeness (QED) is 0.167. The van der Waals surface area contributed by atoms with Gasteiger partial charge in [-0.2, -0.15) is 0 Å². The van der Waals surface area contributed by atoms with Gasteiger partial charge in [0.1, 0.15) is 22.3 Å². The van der Waals surface area contributed by atoms with Crippen LogP contribution in [0.25, 0.3) is 123 Å². The van der Waals surface area contributed by atoms with E-state index in [-0.39, 0.29) is 5.41 Å². The van der Waals surface area contributed by atoms with Crippen LogP contribution in [0.5, 0.6) is 0 Å². The van der Waals surface area contributed by atoms with E-state index in [1.54, 1.807) is 0 Å². The van der Waals surface area contributed by atoms with Crippen molar-refractivity contribution in [1.82, 2.24) is 15.0 Å². The predicted molar refractivity (Wildman–Crippen MR) is 274 cm³/mol. The summed E-state index contributed by atoms with van der Waals surface area (Å²) in [5.41, 5.74) is 20.2. The van der Waals surface area contributed by atoms with Gasteiger partial charge in [0.15, 0.2) is 17.5 Å². The van der Waals surface area contributed by atoms with Crippen molar-refractivity contribution in [3.05, 3.63) is 210 Å². The Labute approximate surface area is 388 Å². The SMILES string of the molecule is Cc1ccccc1-c1c(C)cccc1-c1nc(-c2cccc3c2oc2ccccc23)nc(-c2cccc3oc4ccc(-c5cccc(-c6ccc7c(c6)C(C)(C)c6ccccc6-7)c5)cc4c23)n1. The number of benzene rings is 9. The van der Waals surface area contributed by atoms with Gasteiger partial charge < -0.3 is 8.83 Å². The lowest BCUT2D eigenvalue weighted by molar-refractivity contribution is 0.660. The van der Waals surface area contributed by atoms with E-state index in [0.717, 1.165) is 88.4 Å². The lowest BCUT2D eigenvalue weighted by atomic mass is 9.81. The van der Waals surface area contributed by atoms with E-state index in [1.807, 2.05) is 36.4 Å². The standard InChI is InChI=1S/C62H43N3O2/c1-36-15-5-6-19-42(36)56-37(2)16-11-23-47(56)59-63-60(65-61(64-59)49-25-13-22-46-45-21-8-10-27-53(45)67-58(46)49)48-24-14-28-55-57(48)50-34-40(30-32-54(50)66-55)38-17-12-18-39(33-38)41-29-31-44-43-20-7-9-26-51(43)62(3,4)52(44)35-41/h5-35H,1-4H3. The Kier molecular flexibility index (Phi) is 8.62. The van der Waals surface area contributed by atoms with Gasteiger partial charge in [-0.25, -0.2) is 15.0 Å². The second-order valence-corrected chi connectivity index (χ2v) is 18.4. The summed E-state index contributed by atoms with van der Waals surface area (Å²) in [6, 6.07) is 66.5.